The number of phenols is 1. The van der Waals surface area contributed by atoms with Crippen LogP contribution < -0.4 is 10.6 Å². The van der Waals surface area contributed by atoms with Gasteiger partial charge in [0.15, 0.2) is 6.23 Å². The third-order valence-corrected chi connectivity index (χ3v) is 5.14. The topological polar surface area (TPSA) is 110 Å². The second-order valence-electron chi connectivity index (χ2n) is 7.49. The van der Waals surface area contributed by atoms with Crippen LogP contribution in [0, 0.1) is 11.8 Å². The summed E-state index contributed by atoms with van der Waals surface area (Å²) in [7, 11) is 6.50. The van der Waals surface area contributed by atoms with Crippen LogP contribution in [-0.2, 0) is 9.53 Å². The minimum Gasteiger partial charge on any atom is -0.505 e. The van der Waals surface area contributed by atoms with E-state index in [0.29, 0.717) is 17.0 Å². The molecule has 3 rings (SSSR count). The molecule has 1 aromatic carbocycles. The molecule has 0 saturated heterocycles. The van der Waals surface area contributed by atoms with Crippen molar-refractivity contribution in [3.8, 4) is 17.6 Å². The number of hydrogen-bond acceptors (Lipinski definition) is 8. The number of benzene rings is 1. The summed E-state index contributed by atoms with van der Waals surface area (Å²) < 4.78 is 11.0. The SMILES string of the molecule is CC#C[C@@H](NC1=C(Nc2cccc(C(O)N(C)C)c2O)C(=O)N(C)C1OC)c1ccco1. The zero-order valence-corrected chi connectivity index (χ0v) is 18.7. The van der Waals surface area contributed by atoms with Gasteiger partial charge in [0.2, 0.25) is 0 Å². The van der Waals surface area contributed by atoms with E-state index >= 15 is 0 Å². The summed E-state index contributed by atoms with van der Waals surface area (Å²) in [6.07, 6.45) is -0.159. The molecule has 3 atom stereocenters. The standard InChI is InChI=1S/C23H28N4O5/c1-6-9-15(17-12-8-13-32-17)24-19-18(22(30)27(4)23(19)31-5)25-16-11-7-10-14(20(16)28)21(29)26(2)3/h7-8,10-13,15,21,23-25,28-29H,1-5H3/t15-,21?,23?/m1/s1. The van der Waals surface area contributed by atoms with Crippen LogP contribution in [0.3, 0.4) is 0 Å². The fourth-order valence-electron chi connectivity index (χ4n) is 3.47. The maximum Gasteiger partial charge on any atom is 0.274 e. The lowest BCUT2D eigenvalue weighted by molar-refractivity contribution is -0.131. The Bertz CT molecular complexity index is 1050. The normalized spacial score (nSPS) is 17.9. The number of aliphatic hydroxyl groups excluding tert-OH is 1. The zero-order valence-electron chi connectivity index (χ0n) is 18.7. The van der Waals surface area contributed by atoms with Crippen molar-refractivity contribution in [1.29, 1.82) is 0 Å². The predicted octanol–water partition coefficient (Wildman–Crippen LogP) is 1.96. The molecule has 2 unspecified atom stereocenters. The number of ether oxygens (including phenoxy) is 1. The molecule has 32 heavy (non-hydrogen) atoms. The fourth-order valence-corrected chi connectivity index (χ4v) is 3.47. The summed E-state index contributed by atoms with van der Waals surface area (Å²) in [6, 6.07) is 7.94. The zero-order chi connectivity index (χ0) is 23.4. The number of amides is 1. The van der Waals surface area contributed by atoms with E-state index in [1.54, 1.807) is 69.6 Å². The average molecular weight is 441 g/mol. The van der Waals surface area contributed by atoms with Gasteiger partial charge in [-0.05, 0) is 39.2 Å². The molecule has 1 aliphatic rings. The van der Waals surface area contributed by atoms with Crippen LogP contribution in [0.5, 0.6) is 5.75 Å². The lowest BCUT2D eigenvalue weighted by Gasteiger charge is -2.23. The first kappa shape index (κ1) is 23.2. The number of furan rings is 1. The number of carbonyl (C=O) groups is 1. The second-order valence-corrected chi connectivity index (χ2v) is 7.49. The van der Waals surface area contributed by atoms with Crippen LogP contribution in [0.2, 0.25) is 0 Å². The number of aliphatic hydroxyl groups is 1. The maximum atomic E-state index is 13.0. The van der Waals surface area contributed by atoms with Gasteiger partial charge in [0.1, 0.15) is 29.5 Å². The number of hydrogen-bond donors (Lipinski definition) is 4. The number of nitrogens with one attached hydrogen (secondary N) is 2. The van der Waals surface area contributed by atoms with E-state index in [4.69, 9.17) is 9.15 Å². The Morgan fingerprint density at radius 1 is 1.28 bits per heavy atom. The van der Waals surface area contributed by atoms with E-state index in [1.807, 2.05) is 0 Å². The van der Waals surface area contributed by atoms with Crippen molar-refractivity contribution < 1.29 is 24.2 Å². The van der Waals surface area contributed by atoms with Crippen LogP contribution in [0.1, 0.15) is 30.5 Å². The second kappa shape index (κ2) is 9.78. The highest BCUT2D eigenvalue weighted by atomic mass is 16.5. The van der Waals surface area contributed by atoms with Crippen LogP contribution in [0.15, 0.2) is 52.4 Å². The molecule has 4 N–H and O–H groups in total. The first-order chi connectivity index (χ1) is 15.3. The van der Waals surface area contributed by atoms with Crippen molar-refractivity contribution in [3.63, 3.8) is 0 Å². The monoisotopic (exact) mass is 440 g/mol. The molecule has 1 aliphatic heterocycles. The van der Waals surface area contributed by atoms with E-state index in [9.17, 15) is 15.0 Å². The highest BCUT2D eigenvalue weighted by Crippen LogP contribution is 2.35. The number of phenolic OH excluding ortho intramolecular Hbond substituents is 1. The van der Waals surface area contributed by atoms with Crippen LogP contribution in [0.4, 0.5) is 5.69 Å². The molecule has 170 valence electrons. The van der Waals surface area contributed by atoms with Gasteiger partial charge in [-0.1, -0.05) is 18.1 Å². The Kier molecular flexibility index (Phi) is 7.10. The van der Waals surface area contributed by atoms with Crippen molar-refractivity contribution in [3.05, 3.63) is 59.3 Å². The highest BCUT2D eigenvalue weighted by Gasteiger charge is 2.39. The summed E-state index contributed by atoms with van der Waals surface area (Å²) in [5.41, 5.74) is 1.22. The lowest BCUT2D eigenvalue weighted by Crippen LogP contribution is -2.37. The minimum atomic E-state index is -1.01. The molecule has 0 spiro atoms. The average Bonchev–Trinajstić information content (AvgIpc) is 3.38. The van der Waals surface area contributed by atoms with Crippen LogP contribution in [0.25, 0.3) is 0 Å². The van der Waals surface area contributed by atoms with E-state index < -0.39 is 18.5 Å². The Morgan fingerprint density at radius 2 is 2.03 bits per heavy atom. The number of likely N-dealkylation sites (N-methyl/N-ethyl adjacent to an activating group) is 1. The number of rotatable bonds is 8. The van der Waals surface area contributed by atoms with Gasteiger partial charge in [0, 0.05) is 19.7 Å². The van der Waals surface area contributed by atoms with Crippen LogP contribution >= 0.6 is 0 Å². The van der Waals surface area contributed by atoms with Crippen molar-refractivity contribution in [2.24, 2.45) is 0 Å². The largest absolute Gasteiger partial charge is 0.505 e. The first-order valence-electron chi connectivity index (χ1n) is 9.99. The lowest BCUT2D eigenvalue weighted by atomic mass is 10.1. The first-order valence-corrected chi connectivity index (χ1v) is 9.99. The molecule has 0 fully saturated rings. The van der Waals surface area contributed by atoms with E-state index in [0.717, 1.165) is 0 Å². The summed E-state index contributed by atoms with van der Waals surface area (Å²) in [5.74, 6) is 5.98. The Hall–Kier alpha value is -3.45. The third-order valence-electron chi connectivity index (χ3n) is 5.14. The van der Waals surface area contributed by atoms with Crippen LogP contribution in [-0.4, -0.2) is 60.4 Å². The molecular formula is C23H28N4O5. The molecule has 9 nitrogen and oxygen atoms in total. The molecule has 1 amide bonds. The van der Waals surface area contributed by atoms with E-state index in [-0.39, 0.29) is 23.0 Å². The summed E-state index contributed by atoms with van der Waals surface area (Å²) in [4.78, 5) is 16.0. The highest BCUT2D eigenvalue weighted by molar-refractivity contribution is 6.00. The molecule has 2 heterocycles. The van der Waals surface area contributed by atoms with Gasteiger partial charge in [-0.15, -0.1) is 5.92 Å². The van der Waals surface area contributed by atoms with E-state index in [1.165, 1.54) is 12.0 Å². The van der Waals surface area contributed by atoms with E-state index in [2.05, 4.69) is 22.5 Å². The summed E-state index contributed by atoms with van der Waals surface area (Å²) in [6.45, 7) is 1.71. The van der Waals surface area contributed by atoms with Gasteiger partial charge < -0.3 is 34.9 Å². The number of methoxy groups -OCH3 is 1. The Morgan fingerprint density at radius 3 is 2.62 bits per heavy atom. The summed E-state index contributed by atoms with van der Waals surface area (Å²) >= 11 is 0. The molecule has 2 aromatic rings. The molecular weight excluding hydrogens is 412 g/mol. The van der Waals surface area contributed by atoms with Crippen molar-refractivity contribution >= 4 is 11.6 Å². The van der Waals surface area contributed by atoms with Gasteiger partial charge >= 0.3 is 0 Å². The Balaban J connectivity index is 2.03. The minimum absolute atomic E-state index is 0.159. The number of para-hydroxylation sites is 1. The van der Waals surface area contributed by atoms with Crippen molar-refractivity contribution in [2.75, 3.05) is 33.6 Å². The van der Waals surface area contributed by atoms with Gasteiger partial charge in [-0.3, -0.25) is 9.69 Å². The van der Waals surface area contributed by atoms with Gasteiger partial charge in [0.25, 0.3) is 5.91 Å². The number of nitrogens with zero attached hydrogens (tertiary/aromatic N) is 2. The molecule has 0 aliphatic carbocycles. The molecule has 0 radical (unpaired) electrons. The quantitative estimate of drug-likeness (QED) is 0.280. The van der Waals surface area contributed by atoms with Gasteiger partial charge in [-0.2, -0.15) is 0 Å². The molecule has 0 bridgehead atoms. The molecule has 1 aromatic heterocycles. The van der Waals surface area contributed by atoms with Gasteiger partial charge in [-0.25, -0.2) is 0 Å². The number of anilines is 1. The smallest absolute Gasteiger partial charge is 0.274 e. The predicted molar refractivity (Wildman–Crippen MR) is 119 cm³/mol. The molecule has 9 heteroatoms. The number of carbonyl (C=O) groups excluding carboxylic acids is 1. The molecule has 0 saturated carbocycles. The Labute approximate surface area is 187 Å². The number of aromatic hydroxyl groups is 1. The van der Waals surface area contributed by atoms with Crippen molar-refractivity contribution in [2.45, 2.75) is 25.4 Å². The van der Waals surface area contributed by atoms with Gasteiger partial charge in [0.05, 0.1) is 17.6 Å². The maximum absolute atomic E-state index is 13.0. The fraction of sp³-hybridized carbons (Fsp3) is 0.348. The third kappa shape index (κ3) is 4.43. The summed E-state index contributed by atoms with van der Waals surface area (Å²) in [5, 5.41) is 27.4. The van der Waals surface area contributed by atoms with Crippen molar-refractivity contribution in [1.82, 2.24) is 15.1 Å².